The molecule has 1 saturated heterocycles. The highest BCUT2D eigenvalue weighted by atomic mass is 16.6. The molecule has 1 aliphatic rings. The van der Waals surface area contributed by atoms with Crippen molar-refractivity contribution in [1.29, 1.82) is 0 Å². The van der Waals surface area contributed by atoms with Crippen molar-refractivity contribution >= 4 is 5.82 Å². The Balaban J connectivity index is 2.70. The lowest BCUT2D eigenvalue weighted by Gasteiger charge is -2.42. The molecule has 4 unspecified atom stereocenters. The van der Waals surface area contributed by atoms with E-state index in [-0.39, 0.29) is 5.82 Å². The van der Waals surface area contributed by atoms with Crippen molar-refractivity contribution < 1.29 is 20.1 Å². The molecule has 4 atom stereocenters. The number of nitrogens with two attached hydrogens (primary N) is 1. The van der Waals surface area contributed by atoms with Gasteiger partial charge in [0.05, 0.1) is 6.61 Å². The molecule has 8 heteroatoms. The second-order valence-electron chi connectivity index (χ2n) is 6.12. The predicted octanol–water partition coefficient (Wildman–Crippen LogP) is -1.22. The quantitative estimate of drug-likeness (QED) is 0.538. The number of aliphatic hydroxyl groups excluding tert-OH is 1. The van der Waals surface area contributed by atoms with Gasteiger partial charge in [0.2, 0.25) is 0 Å². The van der Waals surface area contributed by atoms with Gasteiger partial charge in [-0.05, 0) is 33.8 Å². The minimum atomic E-state index is -1.88. The lowest BCUT2D eigenvalue weighted by Crippen LogP contribution is -2.64. The average molecular weight is 299 g/mol. The third kappa shape index (κ3) is 1.76. The van der Waals surface area contributed by atoms with Gasteiger partial charge in [-0.2, -0.15) is 4.98 Å². The second-order valence-corrected chi connectivity index (χ2v) is 6.12. The van der Waals surface area contributed by atoms with Crippen LogP contribution in [-0.4, -0.2) is 48.3 Å². The van der Waals surface area contributed by atoms with Crippen molar-refractivity contribution in [3.05, 3.63) is 22.7 Å². The third-order valence-electron chi connectivity index (χ3n) is 4.89. The van der Waals surface area contributed by atoms with Gasteiger partial charge in [0.25, 0.3) is 0 Å². The smallest absolute Gasteiger partial charge is 0.351 e. The van der Waals surface area contributed by atoms with E-state index in [4.69, 9.17) is 10.5 Å². The van der Waals surface area contributed by atoms with E-state index in [1.807, 2.05) is 0 Å². The maximum absolute atomic E-state index is 12.1. The number of nitrogens with zero attached hydrogens (tertiary/aromatic N) is 2. The molecule has 2 rings (SSSR count). The van der Waals surface area contributed by atoms with Gasteiger partial charge in [-0.25, -0.2) is 4.79 Å². The first-order valence-corrected chi connectivity index (χ1v) is 6.54. The molecule has 0 aromatic carbocycles. The van der Waals surface area contributed by atoms with Crippen LogP contribution in [0.4, 0.5) is 5.82 Å². The maximum Gasteiger partial charge on any atom is 0.351 e. The van der Waals surface area contributed by atoms with Crippen molar-refractivity contribution in [3.8, 4) is 0 Å². The number of aliphatic hydroxyl groups is 3. The second kappa shape index (κ2) is 4.26. The summed E-state index contributed by atoms with van der Waals surface area (Å²) in [4.78, 5) is 15.7. The predicted molar refractivity (Wildman–Crippen MR) is 74.4 cm³/mol. The van der Waals surface area contributed by atoms with Crippen molar-refractivity contribution in [1.82, 2.24) is 9.55 Å². The SMILES string of the molecule is CC1(CO)OC(C)(n2ccc(N)nc2=O)C(C)(O)C1(C)O. The minimum absolute atomic E-state index is 0.0363. The molecular weight excluding hydrogens is 278 g/mol. The summed E-state index contributed by atoms with van der Waals surface area (Å²) in [6.45, 7) is 5.06. The number of hydrogen-bond donors (Lipinski definition) is 4. The normalized spacial score (nSPS) is 43.2. The van der Waals surface area contributed by atoms with Crippen LogP contribution in [0.3, 0.4) is 0 Å². The van der Waals surface area contributed by atoms with Gasteiger partial charge in [-0.1, -0.05) is 0 Å². The molecule has 0 bridgehead atoms. The summed E-state index contributed by atoms with van der Waals surface area (Å²) in [5, 5.41) is 31.1. The fraction of sp³-hybridized carbons (Fsp3) is 0.692. The summed E-state index contributed by atoms with van der Waals surface area (Å²) in [7, 11) is 0. The molecule has 21 heavy (non-hydrogen) atoms. The lowest BCUT2D eigenvalue weighted by atomic mass is 9.73. The number of nitrogen functional groups attached to an aromatic ring is 1. The summed E-state index contributed by atoms with van der Waals surface area (Å²) >= 11 is 0. The molecule has 0 amide bonds. The van der Waals surface area contributed by atoms with Crippen LogP contribution in [0.25, 0.3) is 0 Å². The Morgan fingerprint density at radius 1 is 1.29 bits per heavy atom. The van der Waals surface area contributed by atoms with E-state index in [1.54, 1.807) is 0 Å². The molecular formula is C13H21N3O5. The number of anilines is 1. The Labute approximate surface area is 121 Å². The van der Waals surface area contributed by atoms with Crippen LogP contribution in [0.2, 0.25) is 0 Å². The summed E-state index contributed by atoms with van der Waals surface area (Å²) in [5.74, 6) is 0.0363. The molecule has 1 fully saturated rings. The van der Waals surface area contributed by atoms with E-state index in [1.165, 1.54) is 40.0 Å². The van der Waals surface area contributed by atoms with Crippen molar-refractivity contribution in [2.24, 2.45) is 0 Å². The molecule has 0 spiro atoms. The van der Waals surface area contributed by atoms with Gasteiger partial charge in [0.1, 0.15) is 22.6 Å². The van der Waals surface area contributed by atoms with Gasteiger partial charge in [0, 0.05) is 6.20 Å². The summed E-state index contributed by atoms with van der Waals surface area (Å²) in [6.07, 6.45) is 1.33. The van der Waals surface area contributed by atoms with Crippen LogP contribution in [0.1, 0.15) is 27.7 Å². The molecule has 0 radical (unpaired) electrons. The van der Waals surface area contributed by atoms with Crippen molar-refractivity contribution in [2.45, 2.75) is 50.2 Å². The van der Waals surface area contributed by atoms with Crippen LogP contribution < -0.4 is 11.4 Å². The average Bonchev–Trinajstić information content (AvgIpc) is 2.46. The fourth-order valence-corrected chi connectivity index (χ4v) is 2.81. The van der Waals surface area contributed by atoms with Crippen LogP contribution in [-0.2, 0) is 10.5 Å². The Bertz CT molecular complexity index is 626. The zero-order valence-electron chi connectivity index (χ0n) is 12.5. The minimum Gasteiger partial charge on any atom is -0.393 e. The first-order valence-electron chi connectivity index (χ1n) is 6.54. The number of rotatable bonds is 2. The van der Waals surface area contributed by atoms with Crippen LogP contribution >= 0.6 is 0 Å². The zero-order valence-corrected chi connectivity index (χ0v) is 12.5. The molecule has 0 saturated carbocycles. The summed E-state index contributed by atoms with van der Waals surface area (Å²) in [6, 6.07) is 1.38. The van der Waals surface area contributed by atoms with E-state index in [0.717, 1.165) is 4.57 Å². The summed E-state index contributed by atoms with van der Waals surface area (Å²) < 4.78 is 6.81. The molecule has 8 nitrogen and oxygen atoms in total. The molecule has 1 aromatic heterocycles. The lowest BCUT2D eigenvalue weighted by molar-refractivity contribution is -0.196. The van der Waals surface area contributed by atoms with Crippen LogP contribution in [0.15, 0.2) is 17.1 Å². The van der Waals surface area contributed by atoms with Crippen LogP contribution in [0, 0.1) is 0 Å². The molecule has 1 aromatic rings. The largest absolute Gasteiger partial charge is 0.393 e. The highest BCUT2D eigenvalue weighted by molar-refractivity contribution is 5.25. The van der Waals surface area contributed by atoms with E-state index >= 15 is 0 Å². The van der Waals surface area contributed by atoms with Crippen molar-refractivity contribution in [2.75, 3.05) is 12.3 Å². The standard InChI is InChI=1S/C13H21N3O5/c1-10(7-17)11(2,19)12(3,20)13(4,21-10)16-6-5-8(14)15-9(16)18/h5-6,17,19-20H,7H2,1-4H3,(H2,14,15,18). The monoisotopic (exact) mass is 299 g/mol. The third-order valence-corrected chi connectivity index (χ3v) is 4.89. The van der Waals surface area contributed by atoms with E-state index in [0.29, 0.717) is 0 Å². The Hall–Kier alpha value is -1.48. The maximum atomic E-state index is 12.1. The van der Waals surface area contributed by atoms with Gasteiger partial charge >= 0.3 is 5.69 Å². The Morgan fingerprint density at radius 3 is 2.29 bits per heavy atom. The van der Waals surface area contributed by atoms with Gasteiger partial charge in [-0.15, -0.1) is 0 Å². The topological polar surface area (TPSA) is 131 Å². The Morgan fingerprint density at radius 2 is 1.86 bits per heavy atom. The van der Waals surface area contributed by atoms with Gasteiger partial charge < -0.3 is 25.8 Å². The fourth-order valence-electron chi connectivity index (χ4n) is 2.81. The van der Waals surface area contributed by atoms with E-state index in [2.05, 4.69) is 4.98 Å². The number of aromatic nitrogens is 2. The van der Waals surface area contributed by atoms with Gasteiger partial charge in [0.15, 0.2) is 5.72 Å². The number of hydrogen-bond acceptors (Lipinski definition) is 7. The molecule has 5 N–H and O–H groups in total. The molecule has 118 valence electrons. The molecule has 1 aliphatic heterocycles. The first kappa shape index (κ1) is 15.9. The molecule has 2 heterocycles. The highest BCUT2D eigenvalue weighted by Crippen LogP contribution is 2.53. The summed E-state index contributed by atoms with van der Waals surface area (Å²) in [5.41, 5.74) is -2.06. The zero-order chi connectivity index (χ0) is 16.3. The first-order chi connectivity index (χ1) is 9.43. The Kier molecular flexibility index (Phi) is 3.23. The number of ether oxygens (including phenoxy) is 1. The molecule has 0 aliphatic carbocycles. The van der Waals surface area contributed by atoms with E-state index < -0.39 is 34.8 Å². The van der Waals surface area contributed by atoms with Crippen molar-refractivity contribution in [3.63, 3.8) is 0 Å². The van der Waals surface area contributed by atoms with E-state index in [9.17, 15) is 20.1 Å². The highest BCUT2D eigenvalue weighted by Gasteiger charge is 2.72. The van der Waals surface area contributed by atoms with Crippen LogP contribution in [0.5, 0.6) is 0 Å². The van der Waals surface area contributed by atoms with Gasteiger partial charge in [-0.3, -0.25) is 4.57 Å².